The molecule has 2 aliphatic rings. The number of nitrogens with two attached hydrogens (primary N) is 1. The Kier molecular flexibility index (Phi) is 29.2. The van der Waals surface area contributed by atoms with Gasteiger partial charge in [0.15, 0.2) is 0 Å². The van der Waals surface area contributed by atoms with Crippen LogP contribution in [0.3, 0.4) is 0 Å². The highest BCUT2D eigenvalue weighted by molar-refractivity contribution is 6.01. The lowest BCUT2D eigenvalue weighted by molar-refractivity contribution is -0.157. The van der Waals surface area contributed by atoms with Gasteiger partial charge in [-0.3, -0.25) is 52.7 Å². The molecule has 1 saturated heterocycles. The zero-order valence-corrected chi connectivity index (χ0v) is 51.5. The molecule has 1 aliphatic carbocycles. The Hall–Kier alpha value is -7.52. The van der Waals surface area contributed by atoms with Gasteiger partial charge in [-0.2, -0.15) is 0 Å². The van der Waals surface area contributed by atoms with E-state index in [2.05, 4.69) is 65.1 Å². The summed E-state index contributed by atoms with van der Waals surface area (Å²) in [6.07, 6.45) is 1.68. The number of likely N-dealkylation sites (N-methyl/N-ethyl adjacent to an activating group) is 1. The van der Waals surface area contributed by atoms with Gasteiger partial charge in [0, 0.05) is 12.3 Å². The average Bonchev–Trinajstić information content (AvgIpc) is 1.71. The normalized spacial score (nSPS) is 23.5. The van der Waals surface area contributed by atoms with Crippen LogP contribution in [0.5, 0.6) is 0 Å². The fraction of sp³-hybridized carbons (Fsp3) is 0.661. The van der Waals surface area contributed by atoms with Gasteiger partial charge in [-0.15, -0.1) is 6.58 Å². The van der Waals surface area contributed by atoms with Crippen LogP contribution in [0.4, 0.5) is 0 Å². The zero-order valence-electron chi connectivity index (χ0n) is 51.5. The second kappa shape index (κ2) is 34.6. The van der Waals surface area contributed by atoms with Crippen molar-refractivity contribution in [1.82, 2.24) is 58.5 Å². The van der Waals surface area contributed by atoms with Crippen LogP contribution in [0.15, 0.2) is 43.0 Å². The van der Waals surface area contributed by atoms with Crippen LogP contribution in [0.2, 0.25) is 0 Å². The summed E-state index contributed by atoms with van der Waals surface area (Å²) >= 11 is 0. The van der Waals surface area contributed by atoms with Gasteiger partial charge < -0.3 is 79.2 Å². The highest BCUT2D eigenvalue weighted by atomic mass is 16.5. The Labute approximate surface area is 503 Å². The molecule has 0 unspecified atom stereocenters. The molecule has 1 heterocycles. The number of rotatable bonds is 32. The Morgan fingerprint density at radius 1 is 0.663 bits per heavy atom. The molecule has 1 spiro atoms. The lowest BCUT2D eigenvalue weighted by Gasteiger charge is -2.31. The highest BCUT2D eigenvalue weighted by Gasteiger charge is 2.61. The van der Waals surface area contributed by atoms with E-state index in [0.717, 1.165) is 5.56 Å². The molecule has 27 heteroatoms. The number of cyclic esters (lactones) is 1. The minimum absolute atomic E-state index is 0.177. The number of ether oxygens (including phenoxy) is 1. The van der Waals surface area contributed by atoms with Crippen molar-refractivity contribution in [1.29, 1.82) is 0 Å². The summed E-state index contributed by atoms with van der Waals surface area (Å²) < 4.78 is 5.71. The third-order valence-electron chi connectivity index (χ3n) is 16.5. The molecule has 1 saturated carbocycles. The summed E-state index contributed by atoms with van der Waals surface area (Å²) in [6.45, 7) is 18.0. The summed E-state index contributed by atoms with van der Waals surface area (Å²) in [5.41, 5.74) is 5.00. The van der Waals surface area contributed by atoms with Crippen LogP contribution in [-0.4, -0.2) is 173 Å². The monoisotopic (exact) mass is 1210 g/mol. The number of aliphatic hydroxyl groups excluding tert-OH is 2. The molecule has 2 fully saturated rings. The molecule has 17 atom stereocenters. The maximum atomic E-state index is 14.4. The van der Waals surface area contributed by atoms with Gasteiger partial charge >= 0.3 is 5.97 Å². The van der Waals surface area contributed by atoms with Gasteiger partial charge in [0.25, 0.3) is 0 Å². The number of aliphatic hydroxyl groups is 2. The quantitative estimate of drug-likeness (QED) is 0.0275. The number of benzene rings is 1. The minimum Gasteiger partial charge on any atom is -0.458 e. The number of primary amides is 1. The molecule has 11 amide bonds. The Balaban J connectivity index is 1.84. The van der Waals surface area contributed by atoms with Crippen molar-refractivity contribution < 1.29 is 72.5 Å². The van der Waals surface area contributed by atoms with E-state index in [1.54, 1.807) is 62.4 Å². The Morgan fingerprint density at radius 2 is 1.14 bits per heavy atom. The summed E-state index contributed by atoms with van der Waals surface area (Å²) in [5.74, 6) is -13.4. The van der Waals surface area contributed by atoms with E-state index in [-0.39, 0.29) is 19.3 Å². The average molecular weight is 1210 g/mol. The summed E-state index contributed by atoms with van der Waals surface area (Å²) in [5, 5.41) is 49.5. The van der Waals surface area contributed by atoms with E-state index >= 15 is 0 Å². The zero-order chi connectivity index (χ0) is 64.7. The first kappa shape index (κ1) is 72.7. The van der Waals surface area contributed by atoms with E-state index in [1.807, 2.05) is 30.3 Å². The SMILES string of the molecule is C=C[C@H]1C[C@]12NC(=O)[C@H](C)NC(=O)[C@H](NC(=O)[C@H](CO)NC(=O)[C@@H](NC(=O)[C@H](NC(=O)[C@@H](CCC(N)=O)NC(=O)[C@H](CO)NC(=O)[C@@H](NC(=O)[C@@H](CCc1ccccc1)NC)[C@@H](C)CC)[C@@H](C)CC)[C@@H](C)CC)[C@H](C)OC(=O)[C@H]([C@@H](C)CC)NC2=O. The first-order valence-corrected chi connectivity index (χ1v) is 29.7. The number of aryl methyl sites for hydroxylation is 1. The van der Waals surface area contributed by atoms with E-state index in [9.17, 15) is 67.7 Å². The molecule has 15 N–H and O–H groups in total. The van der Waals surface area contributed by atoms with Crippen LogP contribution >= 0.6 is 0 Å². The largest absolute Gasteiger partial charge is 0.458 e. The first-order chi connectivity index (χ1) is 40.6. The molecule has 0 aromatic heterocycles. The molecule has 0 radical (unpaired) electrons. The molecule has 3 rings (SSSR count). The van der Waals surface area contributed by atoms with Crippen molar-refractivity contribution in [3.63, 3.8) is 0 Å². The molecular formula is C59H94N12O15. The third-order valence-corrected chi connectivity index (χ3v) is 16.5. The fourth-order valence-electron chi connectivity index (χ4n) is 9.60. The van der Waals surface area contributed by atoms with E-state index < -0.39 is 199 Å². The second-order valence-corrected chi connectivity index (χ2v) is 22.7. The van der Waals surface area contributed by atoms with Crippen molar-refractivity contribution >= 4 is 70.9 Å². The molecule has 1 aliphatic heterocycles. The van der Waals surface area contributed by atoms with E-state index in [1.165, 1.54) is 19.9 Å². The van der Waals surface area contributed by atoms with Gasteiger partial charge in [0.2, 0.25) is 65.0 Å². The van der Waals surface area contributed by atoms with Gasteiger partial charge in [-0.05, 0) is 75.8 Å². The van der Waals surface area contributed by atoms with Gasteiger partial charge in [0.1, 0.15) is 66.0 Å². The molecule has 27 nitrogen and oxygen atoms in total. The second-order valence-electron chi connectivity index (χ2n) is 22.7. The van der Waals surface area contributed by atoms with Crippen molar-refractivity contribution in [2.24, 2.45) is 35.3 Å². The third kappa shape index (κ3) is 20.3. The lowest BCUT2D eigenvalue weighted by atomic mass is 9.94. The maximum Gasteiger partial charge on any atom is 0.329 e. The van der Waals surface area contributed by atoms with Crippen LogP contribution in [0, 0.1) is 29.6 Å². The van der Waals surface area contributed by atoms with Crippen LogP contribution in [0.1, 0.15) is 126 Å². The first-order valence-electron chi connectivity index (χ1n) is 29.7. The Morgan fingerprint density at radius 3 is 1.60 bits per heavy atom. The van der Waals surface area contributed by atoms with Crippen LogP contribution in [-0.2, 0) is 68.7 Å². The maximum absolute atomic E-state index is 14.4. The molecule has 480 valence electrons. The van der Waals surface area contributed by atoms with Crippen LogP contribution < -0.4 is 64.2 Å². The van der Waals surface area contributed by atoms with Crippen molar-refractivity contribution in [2.45, 2.75) is 199 Å². The Bertz CT molecular complexity index is 2560. The van der Waals surface area contributed by atoms with E-state index in [4.69, 9.17) is 10.5 Å². The predicted molar refractivity (Wildman–Crippen MR) is 316 cm³/mol. The topological polar surface area (TPSA) is 413 Å². The number of hydrogen-bond donors (Lipinski definition) is 14. The van der Waals surface area contributed by atoms with Gasteiger partial charge in [0.05, 0.1) is 19.3 Å². The summed E-state index contributed by atoms with van der Waals surface area (Å²) in [6, 6.07) is -4.60. The number of hydrogen-bond acceptors (Lipinski definition) is 16. The smallest absolute Gasteiger partial charge is 0.329 e. The lowest BCUT2D eigenvalue weighted by Crippen LogP contribution is -2.63. The summed E-state index contributed by atoms with van der Waals surface area (Å²) in [7, 11) is 1.61. The van der Waals surface area contributed by atoms with Crippen molar-refractivity contribution in [3.8, 4) is 0 Å². The van der Waals surface area contributed by atoms with E-state index in [0.29, 0.717) is 25.7 Å². The molecular weight excluding hydrogens is 1120 g/mol. The predicted octanol–water partition coefficient (Wildman–Crippen LogP) is -1.97. The highest BCUT2D eigenvalue weighted by Crippen LogP contribution is 2.45. The van der Waals surface area contributed by atoms with Crippen LogP contribution in [0.25, 0.3) is 0 Å². The number of esters is 1. The fourth-order valence-corrected chi connectivity index (χ4v) is 9.60. The van der Waals surface area contributed by atoms with Crippen molar-refractivity contribution in [2.75, 3.05) is 20.3 Å². The molecule has 86 heavy (non-hydrogen) atoms. The molecule has 1 aromatic rings. The number of carbonyl (C=O) groups excluding carboxylic acids is 12. The molecule has 0 bridgehead atoms. The van der Waals surface area contributed by atoms with Crippen molar-refractivity contribution in [3.05, 3.63) is 48.6 Å². The standard InChI is InChI=1S/C59H94N12O15/c1-13-30(6)43(66-49(76)38(61-12)24-23-36-21-19-18-20-22-36)53(80)64-40(28-72)51(78)63-39(25-26-42(60)74)50(77)67-45(32(8)15-3)55(82)68-44(31(7)14-2)54(81)65-41(29-73)52(79)69-47-35(11)86-57(84)46(33(9)16-4)70-58(85)59(27-37(59)17-5)71-48(75)34(10)62-56(47)83/h17-22,30-35,37-41,43-47,61,72-73H,5,13-16,23-29H2,1-4,6-12H3,(H2,60,74)(H,62,83)(H,63,78)(H,64,80)(H,65,81)(H,66,76)(H,67,77)(H,68,82)(H,69,79)(H,70,85)(H,71,75)/t30-,31-,32-,33-,34-,35-,37-,38+,39+,40-,41-,43-,44-,45+,46-,47+,59-/m0/s1. The number of carbonyl (C=O) groups is 12. The molecule has 1 aromatic carbocycles. The number of nitrogens with one attached hydrogen (secondary N) is 11. The summed E-state index contributed by atoms with van der Waals surface area (Å²) in [4.78, 5) is 165. The number of amides is 11. The van der Waals surface area contributed by atoms with Gasteiger partial charge in [-0.1, -0.05) is 117 Å². The van der Waals surface area contributed by atoms with Gasteiger partial charge in [-0.25, -0.2) is 4.79 Å². The minimum atomic E-state index is -1.81.